The Morgan fingerprint density at radius 1 is 0.811 bits per heavy atom. The standard InChI is InChI=1S/C33H28N2O2/c1-22-9-8-12-28(15-22)35(27-10-6-5-7-11-27)29-13-14-32-23(2)16-30(37-33(32)19-29)20-31-18-26(24(3)21-34)17-25(4)36-31/h5-20H,1-4H3/b26-24+,30-20+. The Balaban J connectivity index is 1.54. The van der Waals surface area contributed by atoms with E-state index in [2.05, 4.69) is 79.4 Å². The third kappa shape index (κ3) is 5.12. The molecule has 0 aromatic heterocycles. The van der Waals surface area contributed by atoms with Crippen LogP contribution in [-0.4, -0.2) is 0 Å². The summed E-state index contributed by atoms with van der Waals surface area (Å²) >= 11 is 0. The molecule has 0 aliphatic carbocycles. The van der Waals surface area contributed by atoms with Crippen molar-refractivity contribution in [1.82, 2.24) is 0 Å². The zero-order valence-electron chi connectivity index (χ0n) is 21.4. The molecule has 0 radical (unpaired) electrons. The average molecular weight is 485 g/mol. The third-order valence-electron chi connectivity index (χ3n) is 6.33. The van der Waals surface area contributed by atoms with Crippen LogP contribution in [0.2, 0.25) is 0 Å². The lowest BCUT2D eigenvalue weighted by Gasteiger charge is -2.27. The van der Waals surface area contributed by atoms with Crippen LogP contribution in [0.1, 0.15) is 31.9 Å². The van der Waals surface area contributed by atoms with Crippen LogP contribution in [0.4, 0.5) is 17.1 Å². The molecule has 4 nitrogen and oxygen atoms in total. The molecule has 4 heteroatoms. The van der Waals surface area contributed by atoms with Crippen molar-refractivity contribution in [2.24, 2.45) is 0 Å². The Kier molecular flexibility index (Phi) is 6.53. The van der Waals surface area contributed by atoms with E-state index in [4.69, 9.17) is 9.47 Å². The summed E-state index contributed by atoms with van der Waals surface area (Å²) in [5.41, 5.74) is 7.99. The number of allylic oxidation sites excluding steroid dienone is 8. The first-order valence-electron chi connectivity index (χ1n) is 12.2. The van der Waals surface area contributed by atoms with Crippen molar-refractivity contribution in [2.75, 3.05) is 4.90 Å². The van der Waals surface area contributed by atoms with Gasteiger partial charge in [-0.05, 0) is 99.0 Å². The summed E-state index contributed by atoms with van der Waals surface area (Å²) in [6, 6.07) is 27.4. The number of benzene rings is 3. The van der Waals surface area contributed by atoms with E-state index in [1.807, 2.05) is 49.4 Å². The van der Waals surface area contributed by atoms with Crippen LogP contribution in [0.3, 0.4) is 0 Å². The SMILES string of the molecule is CC1=C/C(=C(/C)C#N)C=C(/C=C2\C=C(C)c3ccc(N(c4ccccc4)c4cccc(C)c4)cc3O2)O1. The van der Waals surface area contributed by atoms with Gasteiger partial charge in [0.2, 0.25) is 0 Å². The Labute approximate surface area is 218 Å². The molecule has 3 aromatic carbocycles. The summed E-state index contributed by atoms with van der Waals surface area (Å²) in [4.78, 5) is 2.23. The predicted molar refractivity (Wildman–Crippen MR) is 149 cm³/mol. The van der Waals surface area contributed by atoms with Gasteiger partial charge in [0.05, 0.1) is 6.07 Å². The summed E-state index contributed by atoms with van der Waals surface area (Å²) < 4.78 is 12.3. The maximum atomic E-state index is 9.31. The number of ether oxygens (including phenoxy) is 2. The minimum Gasteiger partial charge on any atom is -0.462 e. The van der Waals surface area contributed by atoms with Crippen molar-refractivity contribution in [3.05, 3.63) is 137 Å². The number of aryl methyl sites for hydroxylation is 1. The monoisotopic (exact) mass is 484 g/mol. The summed E-state index contributed by atoms with van der Waals surface area (Å²) in [6.45, 7) is 7.86. The Morgan fingerprint density at radius 3 is 2.32 bits per heavy atom. The molecule has 2 heterocycles. The van der Waals surface area contributed by atoms with Gasteiger partial charge < -0.3 is 14.4 Å². The van der Waals surface area contributed by atoms with Gasteiger partial charge in [0.1, 0.15) is 23.0 Å². The second-order valence-electron chi connectivity index (χ2n) is 9.26. The van der Waals surface area contributed by atoms with Crippen molar-refractivity contribution < 1.29 is 9.47 Å². The third-order valence-corrected chi connectivity index (χ3v) is 6.33. The van der Waals surface area contributed by atoms with Crippen LogP contribution in [0, 0.1) is 18.3 Å². The highest BCUT2D eigenvalue weighted by Crippen LogP contribution is 2.41. The fourth-order valence-corrected chi connectivity index (χ4v) is 4.52. The number of hydrogen-bond donors (Lipinski definition) is 0. The van der Waals surface area contributed by atoms with Gasteiger partial charge >= 0.3 is 0 Å². The number of para-hydroxylation sites is 1. The molecule has 37 heavy (non-hydrogen) atoms. The smallest absolute Gasteiger partial charge is 0.137 e. The zero-order chi connectivity index (χ0) is 25.9. The number of fused-ring (bicyclic) bond motifs is 1. The molecular weight excluding hydrogens is 456 g/mol. The second kappa shape index (κ2) is 10.1. The number of nitrogens with zero attached hydrogens (tertiary/aromatic N) is 2. The molecule has 0 atom stereocenters. The average Bonchev–Trinajstić information content (AvgIpc) is 2.88. The van der Waals surface area contributed by atoms with Crippen LogP contribution >= 0.6 is 0 Å². The first-order valence-corrected chi connectivity index (χ1v) is 12.2. The van der Waals surface area contributed by atoms with Gasteiger partial charge in [0, 0.05) is 40.3 Å². The molecule has 5 rings (SSSR count). The van der Waals surface area contributed by atoms with Gasteiger partial charge in [-0.15, -0.1) is 0 Å². The van der Waals surface area contributed by atoms with Crippen molar-refractivity contribution in [3.63, 3.8) is 0 Å². The maximum absolute atomic E-state index is 9.31. The van der Waals surface area contributed by atoms with Gasteiger partial charge in [-0.3, -0.25) is 0 Å². The lowest BCUT2D eigenvalue weighted by Crippen LogP contribution is -2.11. The molecule has 0 N–H and O–H groups in total. The molecule has 182 valence electrons. The highest BCUT2D eigenvalue weighted by atomic mass is 16.5. The zero-order valence-corrected chi connectivity index (χ0v) is 21.4. The molecule has 3 aromatic rings. The minimum absolute atomic E-state index is 0.633. The maximum Gasteiger partial charge on any atom is 0.137 e. The first-order chi connectivity index (χ1) is 17.9. The van der Waals surface area contributed by atoms with Gasteiger partial charge in [-0.1, -0.05) is 30.3 Å². The van der Waals surface area contributed by atoms with Gasteiger partial charge in [-0.25, -0.2) is 0 Å². The topological polar surface area (TPSA) is 45.5 Å². The summed E-state index contributed by atoms with van der Waals surface area (Å²) in [7, 11) is 0. The van der Waals surface area contributed by atoms with Crippen LogP contribution in [0.25, 0.3) is 5.57 Å². The fourth-order valence-electron chi connectivity index (χ4n) is 4.52. The highest BCUT2D eigenvalue weighted by Gasteiger charge is 2.20. The molecule has 0 fully saturated rings. The second-order valence-corrected chi connectivity index (χ2v) is 9.26. The summed E-state index contributed by atoms with van der Waals surface area (Å²) in [6.07, 6.45) is 7.62. The van der Waals surface area contributed by atoms with Gasteiger partial charge in [0.15, 0.2) is 0 Å². The van der Waals surface area contributed by atoms with Crippen molar-refractivity contribution >= 4 is 22.6 Å². The number of hydrogen-bond acceptors (Lipinski definition) is 4. The van der Waals surface area contributed by atoms with E-state index in [0.717, 1.165) is 45.3 Å². The molecule has 2 aliphatic heterocycles. The Morgan fingerprint density at radius 2 is 1.57 bits per heavy atom. The number of rotatable bonds is 4. The number of nitriles is 1. The Hall–Kier alpha value is -4.75. The number of anilines is 3. The molecule has 0 saturated carbocycles. The van der Waals surface area contributed by atoms with Crippen LogP contribution in [0.15, 0.2) is 126 Å². The van der Waals surface area contributed by atoms with Crippen LogP contribution < -0.4 is 9.64 Å². The quantitative estimate of drug-likeness (QED) is 0.347. The molecular formula is C33H28N2O2. The molecule has 0 amide bonds. The Bertz CT molecular complexity index is 1560. The molecule has 0 spiro atoms. The van der Waals surface area contributed by atoms with E-state index in [-0.39, 0.29) is 0 Å². The summed E-state index contributed by atoms with van der Waals surface area (Å²) in [5, 5.41) is 9.31. The fraction of sp³-hybridized carbons (Fsp3) is 0.121. The van der Waals surface area contributed by atoms with E-state index in [9.17, 15) is 5.26 Å². The predicted octanol–water partition coefficient (Wildman–Crippen LogP) is 8.80. The van der Waals surface area contributed by atoms with Crippen LogP contribution in [-0.2, 0) is 4.74 Å². The normalized spacial score (nSPS) is 16.8. The van der Waals surface area contributed by atoms with Crippen molar-refractivity contribution in [1.29, 1.82) is 5.26 Å². The van der Waals surface area contributed by atoms with E-state index >= 15 is 0 Å². The molecule has 2 aliphatic rings. The van der Waals surface area contributed by atoms with E-state index in [1.165, 1.54) is 5.56 Å². The van der Waals surface area contributed by atoms with E-state index in [0.29, 0.717) is 17.1 Å². The lowest BCUT2D eigenvalue weighted by molar-refractivity contribution is 0.313. The summed E-state index contributed by atoms with van der Waals surface area (Å²) in [5.74, 6) is 2.83. The molecule has 0 bridgehead atoms. The van der Waals surface area contributed by atoms with Crippen molar-refractivity contribution in [3.8, 4) is 11.8 Å². The highest BCUT2D eigenvalue weighted by molar-refractivity contribution is 5.81. The van der Waals surface area contributed by atoms with Crippen molar-refractivity contribution in [2.45, 2.75) is 27.7 Å². The largest absolute Gasteiger partial charge is 0.462 e. The van der Waals surface area contributed by atoms with E-state index in [1.54, 1.807) is 6.92 Å². The molecule has 0 unspecified atom stereocenters. The van der Waals surface area contributed by atoms with Gasteiger partial charge in [-0.2, -0.15) is 5.26 Å². The van der Waals surface area contributed by atoms with E-state index < -0.39 is 0 Å². The minimum atomic E-state index is 0.633. The first kappa shape index (κ1) is 24.0. The molecule has 0 saturated heterocycles. The van der Waals surface area contributed by atoms with Gasteiger partial charge in [0.25, 0.3) is 0 Å². The lowest BCUT2D eigenvalue weighted by atomic mass is 10.0. The van der Waals surface area contributed by atoms with Crippen LogP contribution in [0.5, 0.6) is 5.75 Å².